The van der Waals surface area contributed by atoms with E-state index in [1.54, 1.807) is 18.3 Å². The number of aryl methyl sites for hydroxylation is 1. The highest BCUT2D eigenvalue weighted by Crippen LogP contribution is 2.41. The quantitative estimate of drug-likeness (QED) is 0.265. The van der Waals surface area contributed by atoms with E-state index in [1.165, 1.54) is 0 Å². The van der Waals surface area contributed by atoms with Gasteiger partial charge in [0.05, 0.1) is 23.3 Å². The average Bonchev–Trinajstić information content (AvgIpc) is 3.42. The second kappa shape index (κ2) is 11.1. The standard InChI is InChI=1S/C30H29N5O3S/c1-19-18-24(20(2)35(19)23-13-11-21(12-14-23)29(37)38)28-27(25-10-6-7-16-31-25)33-30(39)34(28)17-15-26(36)32-22-8-4-3-5-9-22/h3-14,16,18,27-28H,15,17H2,1-2H3,(H,32,36)(H,33,39)(H,37,38)/t27-,28+/m0/s1. The smallest absolute Gasteiger partial charge is 0.335 e. The van der Waals surface area contributed by atoms with Crippen molar-refractivity contribution in [2.24, 2.45) is 0 Å². The van der Waals surface area contributed by atoms with Gasteiger partial charge in [0.1, 0.15) is 0 Å². The molecule has 4 aromatic rings. The number of hydrogen-bond acceptors (Lipinski definition) is 4. The molecule has 3 N–H and O–H groups in total. The van der Waals surface area contributed by atoms with Crippen molar-refractivity contribution < 1.29 is 14.7 Å². The molecular weight excluding hydrogens is 510 g/mol. The lowest BCUT2D eigenvalue weighted by molar-refractivity contribution is -0.116. The first kappa shape index (κ1) is 26.1. The first-order valence-corrected chi connectivity index (χ1v) is 13.1. The van der Waals surface area contributed by atoms with Crippen LogP contribution in [0.4, 0.5) is 5.69 Å². The van der Waals surface area contributed by atoms with E-state index in [0.29, 0.717) is 11.7 Å². The van der Waals surface area contributed by atoms with E-state index >= 15 is 0 Å². The van der Waals surface area contributed by atoms with Crippen molar-refractivity contribution in [1.82, 2.24) is 19.8 Å². The highest BCUT2D eigenvalue weighted by molar-refractivity contribution is 7.80. The summed E-state index contributed by atoms with van der Waals surface area (Å²) in [6.07, 6.45) is 2.03. The second-order valence-corrected chi connectivity index (χ2v) is 9.88. The summed E-state index contributed by atoms with van der Waals surface area (Å²) in [4.78, 5) is 30.8. The van der Waals surface area contributed by atoms with E-state index in [9.17, 15) is 14.7 Å². The molecule has 0 radical (unpaired) electrons. The number of aromatic nitrogens is 2. The minimum atomic E-state index is -0.959. The number of aromatic carboxylic acids is 1. The molecule has 0 unspecified atom stereocenters. The molecule has 1 amide bonds. The van der Waals surface area contributed by atoms with E-state index in [0.717, 1.165) is 34.0 Å². The summed E-state index contributed by atoms with van der Waals surface area (Å²) in [5.41, 5.74) is 5.79. The van der Waals surface area contributed by atoms with Gasteiger partial charge in [0, 0.05) is 41.9 Å². The molecule has 1 saturated heterocycles. The van der Waals surface area contributed by atoms with Crippen molar-refractivity contribution in [2.75, 3.05) is 11.9 Å². The van der Waals surface area contributed by atoms with Crippen LogP contribution in [0.5, 0.6) is 0 Å². The molecule has 2 aromatic carbocycles. The van der Waals surface area contributed by atoms with Gasteiger partial charge in [-0.15, -0.1) is 0 Å². The van der Waals surface area contributed by atoms with Crippen molar-refractivity contribution in [2.45, 2.75) is 32.4 Å². The topological polar surface area (TPSA) is 99.5 Å². The lowest BCUT2D eigenvalue weighted by atomic mass is 9.96. The Bertz CT molecular complexity index is 1500. The number of nitrogens with one attached hydrogen (secondary N) is 2. The predicted molar refractivity (Wildman–Crippen MR) is 154 cm³/mol. The van der Waals surface area contributed by atoms with Gasteiger partial charge >= 0.3 is 5.97 Å². The number of thiocarbonyl (C=S) groups is 1. The highest BCUT2D eigenvalue weighted by atomic mass is 32.1. The molecule has 0 saturated carbocycles. The van der Waals surface area contributed by atoms with Crippen LogP contribution < -0.4 is 10.6 Å². The first-order valence-electron chi connectivity index (χ1n) is 12.7. The number of benzene rings is 2. The zero-order valence-electron chi connectivity index (χ0n) is 21.7. The van der Waals surface area contributed by atoms with Crippen LogP contribution in [0.2, 0.25) is 0 Å². The number of anilines is 1. The van der Waals surface area contributed by atoms with Gasteiger partial charge in [-0.2, -0.15) is 0 Å². The van der Waals surface area contributed by atoms with Gasteiger partial charge < -0.3 is 25.2 Å². The molecular formula is C30H29N5O3S. The molecule has 39 heavy (non-hydrogen) atoms. The lowest BCUT2D eigenvalue weighted by Gasteiger charge is -2.28. The van der Waals surface area contributed by atoms with Crippen LogP contribution in [0.25, 0.3) is 5.69 Å². The van der Waals surface area contributed by atoms with Crippen molar-refractivity contribution in [3.05, 3.63) is 113 Å². The van der Waals surface area contributed by atoms with Crippen LogP contribution in [0.3, 0.4) is 0 Å². The number of rotatable bonds is 8. The molecule has 0 bridgehead atoms. The molecule has 9 heteroatoms. The van der Waals surface area contributed by atoms with Crippen LogP contribution >= 0.6 is 12.2 Å². The molecule has 2 atom stereocenters. The number of para-hydroxylation sites is 1. The van der Waals surface area contributed by atoms with Crippen molar-refractivity contribution >= 4 is 34.9 Å². The Morgan fingerprint density at radius 2 is 1.74 bits per heavy atom. The Kier molecular flexibility index (Phi) is 7.42. The summed E-state index contributed by atoms with van der Waals surface area (Å²) >= 11 is 5.78. The van der Waals surface area contributed by atoms with Crippen LogP contribution in [0.15, 0.2) is 85.1 Å². The Morgan fingerprint density at radius 3 is 2.41 bits per heavy atom. The summed E-state index contributed by atoms with van der Waals surface area (Å²) < 4.78 is 2.11. The summed E-state index contributed by atoms with van der Waals surface area (Å²) in [5.74, 6) is -1.05. The molecule has 0 aliphatic carbocycles. The number of carbonyl (C=O) groups excluding carboxylic acids is 1. The second-order valence-electron chi connectivity index (χ2n) is 9.50. The van der Waals surface area contributed by atoms with Crippen LogP contribution in [-0.4, -0.2) is 43.1 Å². The van der Waals surface area contributed by atoms with Crippen molar-refractivity contribution in [3.8, 4) is 5.69 Å². The van der Waals surface area contributed by atoms with Crippen LogP contribution in [-0.2, 0) is 4.79 Å². The number of carbonyl (C=O) groups is 2. The van der Waals surface area contributed by atoms with Gasteiger partial charge in [-0.3, -0.25) is 9.78 Å². The zero-order chi connectivity index (χ0) is 27.5. The van der Waals surface area contributed by atoms with E-state index < -0.39 is 5.97 Å². The van der Waals surface area contributed by atoms with Crippen molar-refractivity contribution in [3.63, 3.8) is 0 Å². The Labute approximate surface area is 232 Å². The Hall–Kier alpha value is -4.50. The van der Waals surface area contributed by atoms with E-state index in [-0.39, 0.29) is 30.0 Å². The third kappa shape index (κ3) is 5.39. The fraction of sp³-hybridized carbons (Fsp3) is 0.200. The lowest BCUT2D eigenvalue weighted by Crippen LogP contribution is -2.32. The van der Waals surface area contributed by atoms with E-state index in [2.05, 4.69) is 31.2 Å². The molecule has 0 spiro atoms. The largest absolute Gasteiger partial charge is 0.478 e. The van der Waals surface area contributed by atoms with Gasteiger partial charge in [0.15, 0.2) is 5.11 Å². The predicted octanol–water partition coefficient (Wildman–Crippen LogP) is 5.19. The minimum Gasteiger partial charge on any atom is -0.478 e. The fourth-order valence-corrected chi connectivity index (χ4v) is 5.52. The van der Waals surface area contributed by atoms with Gasteiger partial charge in [-0.25, -0.2) is 4.79 Å². The zero-order valence-corrected chi connectivity index (χ0v) is 22.5. The number of carboxylic acids is 1. The van der Waals surface area contributed by atoms with E-state index in [1.807, 2.05) is 74.5 Å². The molecule has 1 aliphatic heterocycles. The van der Waals surface area contributed by atoms with Crippen LogP contribution in [0.1, 0.15) is 51.5 Å². The summed E-state index contributed by atoms with van der Waals surface area (Å²) in [6.45, 7) is 4.50. The molecule has 5 rings (SSSR count). The molecule has 198 valence electrons. The summed E-state index contributed by atoms with van der Waals surface area (Å²) in [5, 5.41) is 16.3. The normalized spacial score (nSPS) is 16.7. The average molecular weight is 540 g/mol. The number of pyridine rings is 1. The number of nitrogens with zero attached hydrogens (tertiary/aromatic N) is 3. The third-order valence-electron chi connectivity index (χ3n) is 7.00. The maximum atomic E-state index is 12.8. The van der Waals surface area contributed by atoms with E-state index in [4.69, 9.17) is 12.2 Å². The monoisotopic (exact) mass is 539 g/mol. The molecule has 1 aliphatic rings. The first-order chi connectivity index (χ1) is 18.8. The summed E-state index contributed by atoms with van der Waals surface area (Å²) in [6, 6.07) is 23.8. The molecule has 1 fully saturated rings. The fourth-order valence-electron chi connectivity index (χ4n) is 5.19. The Morgan fingerprint density at radius 1 is 1.03 bits per heavy atom. The number of hydrogen-bond donors (Lipinski definition) is 3. The van der Waals surface area contributed by atoms with Gasteiger partial charge in [0.2, 0.25) is 5.91 Å². The Balaban J connectivity index is 1.47. The third-order valence-corrected chi connectivity index (χ3v) is 7.35. The van der Waals surface area contributed by atoms with Crippen molar-refractivity contribution in [1.29, 1.82) is 0 Å². The van der Waals surface area contributed by atoms with Gasteiger partial charge in [0.25, 0.3) is 0 Å². The minimum absolute atomic E-state index is 0.0898. The molecule has 8 nitrogen and oxygen atoms in total. The van der Waals surface area contributed by atoms with Gasteiger partial charge in [-0.1, -0.05) is 24.3 Å². The number of carboxylic acid groups (broad SMARTS) is 1. The maximum Gasteiger partial charge on any atom is 0.335 e. The van der Waals surface area contributed by atoms with Gasteiger partial charge in [-0.05, 0) is 86.2 Å². The SMILES string of the molecule is Cc1cc([C@@H]2[C@H](c3ccccn3)NC(=S)N2CCC(=O)Nc2ccccc2)c(C)n1-c1ccc(C(=O)O)cc1. The highest BCUT2D eigenvalue weighted by Gasteiger charge is 2.41. The summed E-state index contributed by atoms with van der Waals surface area (Å²) in [7, 11) is 0. The molecule has 3 heterocycles. The maximum absolute atomic E-state index is 12.8. The molecule has 2 aromatic heterocycles. The number of amides is 1. The van der Waals surface area contributed by atoms with Crippen LogP contribution in [0, 0.1) is 13.8 Å².